The van der Waals surface area contributed by atoms with Gasteiger partial charge in [0.25, 0.3) is 11.1 Å². The number of thioether (sulfide) groups is 1. The van der Waals surface area contributed by atoms with Crippen LogP contribution in [-0.2, 0) is 19.1 Å². The van der Waals surface area contributed by atoms with Crippen molar-refractivity contribution in [3.05, 3.63) is 60.8 Å². The molecule has 1 fully saturated rings. The van der Waals surface area contributed by atoms with E-state index in [9.17, 15) is 19.2 Å². The van der Waals surface area contributed by atoms with Gasteiger partial charge >= 0.3 is 5.97 Å². The summed E-state index contributed by atoms with van der Waals surface area (Å²) >= 11 is 13.5. The third-order valence-electron chi connectivity index (χ3n) is 4.28. The van der Waals surface area contributed by atoms with Crippen LogP contribution >= 0.6 is 55.2 Å². The summed E-state index contributed by atoms with van der Waals surface area (Å²) in [6.07, 6.45) is 1.53. The molecule has 2 aromatic rings. The lowest BCUT2D eigenvalue weighted by Crippen LogP contribution is -2.36. The molecule has 1 aliphatic rings. The van der Waals surface area contributed by atoms with Gasteiger partial charge in [-0.05, 0) is 86.5 Å². The molecule has 0 unspecified atom stereocenters. The maximum atomic E-state index is 12.8. The van der Waals surface area contributed by atoms with E-state index in [2.05, 4.69) is 37.2 Å². The first kappa shape index (κ1) is 26.3. The van der Waals surface area contributed by atoms with Crippen molar-refractivity contribution >= 4 is 90.0 Å². The van der Waals surface area contributed by atoms with Gasteiger partial charge in [0.15, 0.2) is 6.61 Å². The molecule has 0 aliphatic carbocycles. The maximum absolute atomic E-state index is 12.8. The van der Waals surface area contributed by atoms with Gasteiger partial charge in [0.2, 0.25) is 5.91 Å². The monoisotopic (exact) mass is 630 g/mol. The highest BCUT2D eigenvalue weighted by Gasteiger charge is 2.36. The summed E-state index contributed by atoms with van der Waals surface area (Å²) in [5.74, 6) is -1.25. The number of halogens is 3. The highest BCUT2D eigenvalue weighted by Crippen LogP contribution is 2.37. The second-order valence-corrected chi connectivity index (χ2v) is 9.81. The average molecular weight is 633 g/mol. The van der Waals surface area contributed by atoms with Crippen molar-refractivity contribution < 1.29 is 28.7 Å². The van der Waals surface area contributed by atoms with E-state index in [0.717, 1.165) is 16.7 Å². The number of carbonyl (C=O) groups is 4. The topological polar surface area (TPSA) is 102 Å². The zero-order chi connectivity index (χ0) is 24.8. The first-order valence-electron chi connectivity index (χ1n) is 9.76. The van der Waals surface area contributed by atoms with E-state index in [4.69, 9.17) is 21.1 Å². The van der Waals surface area contributed by atoms with Crippen molar-refractivity contribution in [1.29, 1.82) is 0 Å². The molecule has 0 radical (unpaired) electrons. The number of rotatable bonds is 8. The van der Waals surface area contributed by atoms with Crippen LogP contribution in [0.2, 0.25) is 5.02 Å². The van der Waals surface area contributed by atoms with Crippen LogP contribution in [0.3, 0.4) is 0 Å². The van der Waals surface area contributed by atoms with Crippen LogP contribution in [0, 0.1) is 0 Å². The second-order valence-electron chi connectivity index (χ2n) is 6.70. The van der Waals surface area contributed by atoms with Gasteiger partial charge in [-0.2, -0.15) is 0 Å². The number of esters is 1. The van der Waals surface area contributed by atoms with Crippen molar-refractivity contribution in [1.82, 2.24) is 4.90 Å². The van der Waals surface area contributed by atoms with E-state index >= 15 is 0 Å². The number of nitrogens with one attached hydrogen (secondary N) is 1. The predicted octanol–water partition coefficient (Wildman–Crippen LogP) is 5.48. The summed E-state index contributed by atoms with van der Waals surface area (Å²) in [4.78, 5) is 50.0. The van der Waals surface area contributed by atoms with Crippen molar-refractivity contribution in [3.63, 3.8) is 0 Å². The number of para-hydroxylation sites is 1. The quantitative estimate of drug-likeness (QED) is 0.304. The minimum absolute atomic E-state index is 0.162. The van der Waals surface area contributed by atoms with Crippen LogP contribution in [0.15, 0.2) is 50.2 Å². The summed E-state index contributed by atoms with van der Waals surface area (Å²) in [5.41, 5.74) is 0.977. The van der Waals surface area contributed by atoms with Crippen LogP contribution < -0.4 is 10.1 Å². The first-order chi connectivity index (χ1) is 16.2. The van der Waals surface area contributed by atoms with Gasteiger partial charge in [0.05, 0.1) is 31.2 Å². The lowest BCUT2D eigenvalue weighted by atomic mass is 10.2. The number of nitrogens with zero attached hydrogens (tertiary/aromatic N) is 1. The van der Waals surface area contributed by atoms with Crippen LogP contribution in [-0.4, -0.2) is 47.7 Å². The number of benzene rings is 2. The van der Waals surface area contributed by atoms with Gasteiger partial charge in [-0.15, -0.1) is 0 Å². The fourth-order valence-electron chi connectivity index (χ4n) is 2.82. The second kappa shape index (κ2) is 11.9. The zero-order valence-electron chi connectivity index (χ0n) is 17.6. The van der Waals surface area contributed by atoms with E-state index in [0.29, 0.717) is 31.0 Å². The zero-order valence-corrected chi connectivity index (χ0v) is 22.3. The van der Waals surface area contributed by atoms with Gasteiger partial charge < -0.3 is 14.8 Å². The third-order valence-corrected chi connectivity index (χ3v) is 6.70. The molecule has 1 saturated heterocycles. The minimum Gasteiger partial charge on any atom is -0.480 e. The molecule has 1 N–H and O–H groups in total. The van der Waals surface area contributed by atoms with E-state index in [1.807, 2.05) is 0 Å². The minimum atomic E-state index is -0.584. The first-order valence-corrected chi connectivity index (χ1v) is 12.5. The number of amides is 3. The van der Waals surface area contributed by atoms with Crippen molar-refractivity contribution in [2.45, 2.75) is 6.92 Å². The Hall–Kier alpha value is -2.34. The van der Waals surface area contributed by atoms with E-state index < -0.39 is 29.6 Å². The molecule has 178 valence electrons. The van der Waals surface area contributed by atoms with Gasteiger partial charge in [0, 0.05) is 0 Å². The standard InChI is InChI=1S/C22H17Br2ClN2O6S/c1-2-32-19(29)11-33-20-13(23)7-12(8-14(20)24)9-17-21(30)27(22(31)34-17)10-18(28)26-16-6-4-3-5-15(16)25/h3-9H,2,10-11H2,1H3,(H,26,28)/b17-9+. The van der Waals surface area contributed by atoms with Crippen molar-refractivity contribution in [2.24, 2.45) is 0 Å². The lowest BCUT2D eigenvalue weighted by Gasteiger charge is -2.13. The third kappa shape index (κ3) is 6.62. The van der Waals surface area contributed by atoms with Gasteiger partial charge in [-0.3, -0.25) is 19.3 Å². The molecule has 0 bridgehead atoms. The lowest BCUT2D eigenvalue weighted by molar-refractivity contribution is -0.145. The Bertz CT molecular complexity index is 1170. The Morgan fingerprint density at radius 2 is 1.85 bits per heavy atom. The molecule has 34 heavy (non-hydrogen) atoms. The van der Waals surface area contributed by atoms with E-state index in [1.165, 1.54) is 6.08 Å². The fraction of sp³-hybridized carbons (Fsp3) is 0.182. The van der Waals surface area contributed by atoms with Crippen LogP contribution in [0.5, 0.6) is 5.75 Å². The Kier molecular flexibility index (Phi) is 9.17. The molecular weight excluding hydrogens is 616 g/mol. The largest absolute Gasteiger partial charge is 0.480 e. The van der Waals surface area contributed by atoms with Crippen molar-refractivity contribution in [3.8, 4) is 5.75 Å². The molecular formula is C22H17Br2ClN2O6S. The number of carbonyl (C=O) groups excluding carboxylic acids is 4. The molecule has 0 atom stereocenters. The summed E-state index contributed by atoms with van der Waals surface area (Å²) in [6.45, 7) is 1.24. The van der Waals surface area contributed by atoms with Crippen molar-refractivity contribution in [2.75, 3.05) is 25.1 Å². The Morgan fingerprint density at radius 3 is 2.50 bits per heavy atom. The molecule has 12 heteroatoms. The molecule has 3 rings (SSSR count). The smallest absolute Gasteiger partial charge is 0.344 e. The molecule has 1 heterocycles. The van der Waals surface area contributed by atoms with Crippen LogP contribution in [0.1, 0.15) is 12.5 Å². The molecule has 0 spiro atoms. The Morgan fingerprint density at radius 1 is 1.18 bits per heavy atom. The number of ether oxygens (including phenoxy) is 2. The van der Waals surface area contributed by atoms with Crippen LogP contribution in [0.25, 0.3) is 6.08 Å². The fourth-order valence-corrected chi connectivity index (χ4v) is 5.29. The Balaban J connectivity index is 1.70. The van der Waals surface area contributed by atoms with Gasteiger partial charge in [-0.25, -0.2) is 4.79 Å². The highest BCUT2D eigenvalue weighted by atomic mass is 79.9. The highest BCUT2D eigenvalue weighted by molar-refractivity contribution is 9.11. The predicted molar refractivity (Wildman–Crippen MR) is 137 cm³/mol. The maximum Gasteiger partial charge on any atom is 0.344 e. The van der Waals surface area contributed by atoms with Crippen LogP contribution in [0.4, 0.5) is 10.5 Å². The molecule has 8 nitrogen and oxygen atoms in total. The summed E-state index contributed by atoms with van der Waals surface area (Å²) in [6, 6.07) is 9.99. The molecule has 3 amide bonds. The summed E-state index contributed by atoms with van der Waals surface area (Å²) < 4.78 is 11.4. The number of hydrogen-bond donors (Lipinski definition) is 1. The van der Waals surface area contributed by atoms with E-state index in [1.54, 1.807) is 43.3 Å². The molecule has 0 aromatic heterocycles. The normalized spacial score (nSPS) is 14.5. The molecule has 1 aliphatic heterocycles. The number of imide groups is 1. The average Bonchev–Trinajstić information content (AvgIpc) is 3.02. The SMILES string of the molecule is CCOC(=O)COc1c(Br)cc(/C=C2/SC(=O)N(CC(=O)Nc3ccccc3Cl)C2=O)cc1Br. The summed E-state index contributed by atoms with van der Waals surface area (Å²) in [7, 11) is 0. The van der Waals surface area contributed by atoms with E-state index in [-0.39, 0.29) is 18.1 Å². The van der Waals surface area contributed by atoms with Gasteiger partial charge in [-0.1, -0.05) is 23.7 Å². The number of anilines is 1. The Labute approximate surface area is 221 Å². The molecule has 0 saturated carbocycles. The van der Waals surface area contributed by atoms with Gasteiger partial charge in [0.1, 0.15) is 12.3 Å². The molecule has 2 aromatic carbocycles. The number of hydrogen-bond acceptors (Lipinski definition) is 7. The summed E-state index contributed by atoms with van der Waals surface area (Å²) in [5, 5.41) is 2.37.